The maximum atomic E-state index is 11.6. The number of nitrogens with one attached hydrogen (secondary N) is 1. The Kier molecular flexibility index (Phi) is 2.98. The zero-order valence-corrected chi connectivity index (χ0v) is 8.27. The molecule has 0 aliphatic carbocycles. The van der Waals surface area contributed by atoms with Gasteiger partial charge < -0.3 is 15.7 Å². The van der Waals surface area contributed by atoms with Crippen LogP contribution in [0.4, 0.5) is 5.69 Å². The van der Waals surface area contributed by atoms with Crippen LogP contribution in [-0.4, -0.2) is 25.1 Å². The van der Waals surface area contributed by atoms with Gasteiger partial charge in [-0.25, -0.2) is 0 Å². The first kappa shape index (κ1) is 10.1. The predicted molar refractivity (Wildman–Crippen MR) is 57.6 cm³/mol. The monoisotopic (exact) mass is 205 g/mol. The Morgan fingerprint density at radius 2 is 2.60 bits per heavy atom. The minimum Gasteiger partial charge on any atom is -0.427 e. The molecule has 6 heteroatoms. The van der Waals surface area contributed by atoms with Gasteiger partial charge in [0.25, 0.3) is 7.48 Å². The number of carbonyl (C=O) groups excluding carboxylic acids is 1. The van der Waals surface area contributed by atoms with Gasteiger partial charge in [0, 0.05) is 23.9 Å². The standard InChI is InChI=1S/C9H12BN3O2/c11-5-15-10-7-3-6-4-12-2-1-8(6)13-9(7)14/h1-2,4,7,10H,3,5,11H2,(H,13,14). The van der Waals surface area contributed by atoms with Gasteiger partial charge in [-0.05, 0) is 18.1 Å². The largest absolute Gasteiger partial charge is 0.427 e. The van der Waals surface area contributed by atoms with Crippen LogP contribution in [0.15, 0.2) is 18.5 Å². The lowest BCUT2D eigenvalue weighted by Gasteiger charge is -2.22. The number of nitrogens with two attached hydrogens (primary N) is 1. The molecule has 5 nitrogen and oxygen atoms in total. The van der Waals surface area contributed by atoms with Crippen LogP contribution in [0.25, 0.3) is 0 Å². The second-order valence-corrected chi connectivity index (χ2v) is 3.46. The molecule has 1 atom stereocenters. The number of aromatic nitrogens is 1. The van der Waals surface area contributed by atoms with Crippen molar-refractivity contribution in [3.63, 3.8) is 0 Å². The van der Waals surface area contributed by atoms with Crippen molar-refractivity contribution >= 4 is 19.1 Å². The predicted octanol–water partition coefficient (Wildman–Crippen LogP) is -0.351. The molecule has 1 aliphatic heterocycles. The van der Waals surface area contributed by atoms with Gasteiger partial charge >= 0.3 is 0 Å². The molecule has 0 saturated heterocycles. The van der Waals surface area contributed by atoms with Crippen LogP contribution in [0.3, 0.4) is 0 Å². The highest BCUT2D eigenvalue weighted by atomic mass is 16.4. The van der Waals surface area contributed by atoms with E-state index in [2.05, 4.69) is 10.3 Å². The number of hydrogen-bond donors (Lipinski definition) is 2. The lowest BCUT2D eigenvalue weighted by Crippen LogP contribution is -2.31. The Morgan fingerprint density at radius 1 is 1.73 bits per heavy atom. The van der Waals surface area contributed by atoms with E-state index in [-0.39, 0.29) is 18.5 Å². The molecule has 1 amide bonds. The van der Waals surface area contributed by atoms with E-state index >= 15 is 0 Å². The molecule has 15 heavy (non-hydrogen) atoms. The molecule has 0 radical (unpaired) electrons. The van der Waals surface area contributed by atoms with Gasteiger partial charge in [0.2, 0.25) is 5.91 Å². The maximum Gasteiger partial charge on any atom is 0.289 e. The van der Waals surface area contributed by atoms with Crippen molar-refractivity contribution in [2.24, 2.45) is 5.73 Å². The molecule has 1 aromatic rings. The van der Waals surface area contributed by atoms with Crippen molar-refractivity contribution in [1.82, 2.24) is 4.98 Å². The highest BCUT2D eigenvalue weighted by Gasteiger charge is 2.27. The van der Waals surface area contributed by atoms with Crippen molar-refractivity contribution < 1.29 is 9.45 Å². The normalized spacial score (nSPS) is 19.3. The van der Waals surface area contributed by atoms with Crippen LogP contribution >= 0.6 is 0 Å². The summed E-state index contributed by atoms with van der Waals surface area (Å²) in [6.45, 7) is 0.143. The Morgan fingerprint density at radius 3 is 3.40 bits per heavy atom. The highest BCUT2D eigenvalue weighted by Crippen LogP contribution is 2.26. The highest BCUT2D eigenvalue weighted by molar-refractivity contribution is 6.39. The number of rotatable bonds is 3. The van der Waals surface area contributed by atoms with E-state index in [1.165, 1.54) is 0 Å². The van der Waals surface area contributed by atoms with Gasteiger partial charge in [-0.1, -0.05) is 0 Å². The first-order valence-corrected chi connectivity index (χ1v) is 4.83. The van der Waals surface area contributed by atoms with Crippen LogP contribution in [0.5, 0.6) is 0 Å². The molecule has 78 valence electrons. The first-order valence-electron chi connectivity index (χ1n) is 4.83. The van der Waals surface area contributed by atoms with Crippen molar-refractivity contribution in [2.45, 2.75) is 12.2 Å². The minimum atomic E-state index is -0.162. The summed E-state index contributed by atoms with van der Waals surface area (Å²) in [7, 11) is 0.358. The molecule has 0 fully saturated rings. The number of pyridine rings is 1. The van der Waals surface area contributed by atoms with E-state index in [1.807, 2.05) is 0 Å². The Labute approximate surface area is 88.3 Å². The fourth-order valence-electron chi connectivity index (χ4n) is 1.65. The van der Waals surface area contributed by atoms with Crippen LogP contribution in [0.1, 0.15) is 5.56 Å². The number of fused-ring (bicyclic) bond motifs is 1. The number of amides is 1. The molecule has 1 aliphatic rings. The zero-order valence-electron chi connectivity index (χ0n) is 8.27. The lowest BCUT2D eigenvalue weighted by molar-refractivity contribution is -0.116. The molecular weight excluding hydrogens is 193 g/mol. The van der Waals surface area contributed by atoms with Crippen molar-refractivity contribution in [3.05, 3.63) is 24.0 Å². The van der Waals surface area contributed by atoms with Gasteiger partial charge in [-0.15, -0.1) is 0 Å². The van der Waals surface area contributed by atoms with Gasteiger partial charge in [0.05, 0.1) is 6.73 Å². The fourth-order valence-corrected chi connectivity index (χ4v) is 1.65. The molecule has 0 aromatic carbocycles. The molecule has 1 aromatic heterocycles. The summed E-state index contributed by atoms with van der Waals surface area (Å²) in [5.74, 6) is -0.174. The number of carbonyl (C=O) groups is 1. The molecule has 0 saturated carbocycles. The van der Waals surface area contributed by atoms with Crippen molar-refractivity contribution in [1.29, 1.82) is 0 Å². The van der Waals surface area contributed by atoms with E-state index in [0.29, 0.717) is 13.9 Å². The van der Waals surface area contributed by atoms with Gasteiger partial charge in [0.15, 0.2) is 0 Å². The summed E-state index contributed by atoms with van der Waals surface area (Å²) in [5.41, 5.74) is 7.11. The number of hydrogen-bond acceptors (Lipinski definition) is 4. The van der Waals surface area contributed by atoms with Crippen molar-refractivity contribution in [3.8, 4) is 0 Å². The summed E-state index contributed by atoms with van der Waals surface area (Å²) in [6.07, 6.45) is 4.09. The lowest BCUT2D eigenvalue weighted by atomic mass is 9.73. The third-order valence-electron chi connectivity index (χ3n) is 2.44. The third-order valence-corrected chi connectivity index (χ3v) is 2.44. The Bertz CT molecular complexity index is 372. The fraction of sp³-hybridized carbons (Fsp3) is 0.333. The van der Waals surface area contributed by atoms with Gasteiger partial charge in [-0.3, -0.25) is 9.78 Å². The van der Waals surface area contributed by atoms with E-state index in [1.54, 1.807) is 18.5 Å². The average Bonchev–Trinajstić information content (AvgIpc) is 2.26. The smallest absolute Gasteiger partial charge is 0.289 e. The molecule has 2 rings (SSSR count). The Hall–Kier alpha value is -1.40. The van der Waals surface area contributed by atoms with E-state index in [0.717, 1.165) is 11.3 Å². The molecule has 1 unspecified atom stereocenters. The van der Waals surface area contributed by atoms with E-state index in [9.17, 15) is 4.79 Å². The molecular formula is C9H12BN3O2. The topological polar surface area (TPSA) is 77.2 Å². The zero-order chi connectivity index (χ0) is 10.7. The average molecular weight is 205 g/mol. The summed E-state index contributed by atoms with van der Waals surface area (Å²) in [5, 5.41) is 2.82. The second kappa shape index (κ2) is 4.42. The van der Waals surface area contributed by atoms with E-state index in [4.69, 9.17) is 10.4 Å². The minimum absolute atomic E-state index is 0.0119. The van der Waals surface area contributed by atoms with Crippen LogP contribution in [-0.2, 0) is 15.9 Å². The first-order chi connectivity index (χ1) is 7.31. The quantitative estimate of drug-likeness (QED) is 0.522. The number of anilines is 1. The Balaban J connectivity index is 2.11. The van der Waals surface area contributed by atoms with Crippen LogP contribution < -0.4 is 11.1 Å². The van der Waals surface area contributed by atoms with Gasteiger partial charge in [0.1, 0.15) is 0 Å². The second-order valence-electron chi connectivity index (χ2n) is 3.46. The molecule has 0 bridgehead atoms. The summed E-state index contributed by atoms with van der Waals surface area (Å²) >= 11 is 0. The number of nitrogens with zero attached hydrogens (tertiary/aromatic N) is 1. The third kappa shape index (κ3) is 2.16. The maximum absolute atomic E-state index is 11.6. The summed E-state index contributed by atoms with van der Waals surface area (Å²) in [4.78, 5) is 15.6. The molecule has 3 N–H and O–H groups in total. The summed E-state index contributed by atoms with van der Waals surface area (Å²) < 4.78 is 5.05. The molecule has 2 heterocycles. The van der Waals surface area contributed by atoms with Crippen LogP contribution in [0, 0.1) is 0 Å². The van der Waals surface area contributed by atoms with E-state index < -0.39 is 0 Å². The van der Waals surface area contributed by atoms with Crippen LogP contribution in [0.2, 0.25) is 5.82 Å². The van der Waals surface area contributed by atoms with Crippen molar-refractivity contribution in [2.75, 3.05) is 12.0 Å². The summed E-state index contributed by atoms with van der Waals surface area (Å²) in [6, 6.07) is 1.80. The SMILES string of the molecule is NCOBC1Cc2cnccc2NC1=O. The molecule has 0 spiro atoms. The van der Waals surface area contributed by atoms with Gasteiger partial charge in [-0.2, -0.15) is 0 Å².